The number of esters is 1. The zero-order chi connectivity index (χ0) is 14.4. The van der Waals surface area contributed by atoms with Gasteiger partial charge >= 0.3 is 5.97 Å². The van der Waals surface area contributed by atoms with Crippen LogP contribution >= 0.6 is 22.6 Å². The topological polar surface area (TPSA) is 52.3 Å². The molecule has 0 bridgehead atoms. The highest BCUT2D eigenvalue weighted by atomic mass is 127. The van der Waals surface area contributed by atoms with Gasteiger partial charge in [0.1, 0.15) is 0 Å². The van der Waals surface area contributed by atoms with Crippen molar-refractivity contribution in [3.63, 3.8) is 0 Å². The van der Waals surface area contributed by atoms with Crippen molar-refractivity contribution in [1.82, 2.24) is 0 Å². The first kappa shape index (κ1) is 14.8. The van der Waals surface area contributed by atoms with Gasteiger partial charge in [-0.15, -0.1) is 0 Å². The van der Waals surface area contributed by atoms with Crippen LogP contribution in [-0.2, 0) is 11.2 Å². The van der Waals surface area contributed by atoms with Crippen molar-refractivity contribution in [2.75, 3.05) is 12.3 Å². The maximum absolute atomic E-state index is 11.9. The van der Waals surface area contributed by atoms with Gasteiger partial charge in [-0.05, 0) is 59.2 Å². The summed E-state index contributed by atoms with van der Waals surface area (Å²) >= 11 is 2.14. The van der Waals surface area contributed by atoms with Crippen molar-refractivity contribution in [2.24, 2.45) is 0 Å². The Balaban J connectivity index is 1.82. The summed E-state index contributed by atoms with van der Waals surface area (Å²) in [6, 6.07) is 15.5. The molecule has 4 heteroatoms. The smallest absolute Gasteiger partial charge is 0.340 e. The van der Waals surface area contributed by atoms with Crippen molar-refractivity contribution >= 4 is 34.2 Å². The minimum absolute atomic E-state index is 0.353. The fourth-order valence-corrected chi connectivity index (χ4v) is 2.36. The lowest BCUT2D eigenvalue weighted by Crippen LogP contribution is -2.10. The Morgan fingerprint density at radius 2 is 1.90 bits per heavy atom. The van der Waals surface area contributed by atoms with Crippen molar-refractivity contribution in [3.8, 4) is 0 Å². The number of benzene rings is 2. The van der Waals surface area contributed by atoms with Crippen LogP contribution in [0.3, 0.4) is 0 Å². The number of hydrogen-bond acceptors (Lipinski definition) is 3. The second-order valence-electron chi connectivity index (χ2n) is 4.46. The fraction of sp³-hybridized carbons (Fsp3) is 0.188. The zero-order valence-corrected chi connectivity index (χ0v) is 13.2. The van der Waals surface area contributed by atoms with Gasteiger partial charge in [0.05, 0.1) is 12.2 Å². The third-order valence-electron chi connectivity index (χ3n) is 2.92. The summed E-state index contributed by atoms with van der Waals surface area (Å²) in [6.45, 7) is 0.401. The summed E-state index contributed by atoms with van der Waals surface area (Å²) < 4.78 is 6.23. The van der Waals surface area contributed by atoms with Gasteiger partial charge < -0.3 is 10.5 Å². The first-order valence-electron chi connectivity index (χ1n) is 6.43. The molecule has 20 heavy (non-hydrogen) atoms. The normalized spacial score (nSPS) is 10.2. The summed E-state index contributed by atoms with van der Waals surface area (Å²) in [7, 11) is 0. The molecule has 0 atom stereocenters. The van der Waals surface area contributed by atoms with Gasteiger partial charge in [-0.3, -0.25) is 0 Å². The highest BCUT2D eigenvalue weighted by Crippen LogP contribution is 2.17. The number of anilines is 1. The van der Waals surface area contributed by atoms with Crippen LogP contribution in [0, 0.1) is 3.57 Å². The number of ether oxygens (including phenoxy) is 1. The molecule has 2 rings (SSSR count). The van der Waals surface area contributed by atoms with Gasteiger partial charge in [0.2, 0.25) is 0 Å². The molecule has 3 nitrogen and oxygen atoms in total. The van der Waals surface area contributed by atoms with E-state index >= 15 is 0 Å². The number of rotatable bonds is 5. The second-order valence-corrected chi connectivity index (χ2v) is 5.70. The molecule has 0 amide bonds. The SMILES string of the molecule is Nc1ccc(I)cc1C(=O)OCCCc1ccccc1. The third-order valence-corrected chi connectivity index (χ3v) is 3.59. The Hall–Kier alpha value is -1.56. The Bertz CT molecular complexity index is 584. The number of carbonyl (C=O) groups is 1. The Kier molecular flexibility index (Phi) is 5.40. The monoisotopic (exact) mass is 381 g/mol. The van der Waals surface area contributed by atoms with E-state index in [0.29, 0.717) is 17.9 Å². The molecule has 0 heterocycles. The summed E-state index contributed by atoms with van der Waals surface area (Å²) in [6.07, 6.45) is 1.70. The number of carbonyl (C=O) groups excluding carboxylic acids is 1. The van der Waals surface area contributed by atoms with Crippen LogP contribution in [0.2, 0.25) is 0 Å². The molecule has 0 radical (unpaired) electrons. The van der Waals surface area contributed by atoms with Crippen LogP contribution < -0.4 is 5.73 Å². The second kappa shape index (κ2) is 7.28. The molecule has 0 aliphatic heterocycles. The van der Waals surface area contributed by atoms with E-state index in [1.165, 1.54) is 5.56 Å². The predicted molar refractivity (Wildman–Crippen MR) is 88.6 cm³/mol. The molecule has 104 valence electrons. The summed E-state index contributed by atoms with van der Waals surface area (Å²) in [5.41, 5.74) is 7.93. The summed E-state index contributed by atoms with van der Waals surface area (Å²) in [4.78, 5) is 11.9. The van der Waals surface area contributed by atoms with E-state index in [1.54, 1.807) is 12.1 Å². The van der Waals surface area contributed by atoms with Crippen LogP contribution in [0.5, 0.6) is 0 Å². The lowest BCUT2D eigenvalue weighted by molar-refractivity contribution is 0.0502. The largest absolute Gasteiger partial charge is 0.462 e. The van der Waals surface area contributed by atoms with Gasteiger partial charge in [0.15, 0.2) is 0 Å². The quantitative estimate of drug-likeness (QED) is 0.372. The molecule has 0 aliphatic carbocycles. The van der Waals surface area contributed by atoms with Gasteiger partial charge in [-0.1, -0.05) is 30.3 Å². The average molecular weight is 381 g/mol. The number of nitrogen functional groups attached to an aromatic ring is 1. The lowest BCUT2D eigenvalue weighted by atomic mass is 10.1. The summed E-state index contributed by atoms with van der Waals surface area (Å²) in [5.74, 6) is -0.353. The number of nitrogens with two attached hydrogens (primary N) is 1. The Labute approximate surface area is 132 Å². The lowest BCUT2D eigenvalue weighted by Gasteiger charge is -2.07. The predicted octanol–water partition coefficient (Wildman–Crippen LogP) is 3.66. The van der Waals surface area contributed by atoms with E-state index in [9.17, 15) is 4.79 Å². The van der Waals surface area contributed by atoms with Gasteiger partial charge in [-0.25, -0.2) is 4.79 Å². The van der Waals surface area contributed by atoms with Crippen LogP contribution in [0.15, 0.2) is 48.5 Å². The van der Waals surface area contributed by atoms with Gasteiger partial charge in [-0.2, -0.15) is 0 Å². The Morgan fingerprint density at radius 1 is 1.15 bits per heavy atom. The first-order chi connectivity index (χ1) is 9.66. The molecular formula is C16H16INO2. The van der Waals surface area contributed by atoms with E-state index in [2.05, 4.69) is 34.7 Å². The molecule has 2 N–H and O–H groups in total. The molecule has 0 aliphatic rings. The van der Waals surface area contributed by atoms with E-state index in [1.807, 2.05) is 24.3 Å². The van der Waals surface area contributed by atoms with Crippen molar-refractivity contribution in [1.29, 1.82) is 0 Å². The molecule has 0 saturated carbocycles. The van der Waals surface area contributed by atoms with Crippen LogP contribution in [-0.4, -0.2) is 12.6 Å². The molecule has 2 aromatic carbocycles. The number of hydrogen-bond donors (Lipinski definition) is 1. The van der Waals surface area contributed by atoms with Crippen molar-refractivity contribution in [3.05, 3.63) is 63.2 Å². The standard InChI is InChI=1S/C16H16INO2/c17-13-8-9-15(18)14(11-13)16(19)20-10-4-7-12-5-2-1-3-6-12/h1-3,5-6,8-9,11H,4,7,10,18H2. The van der Waals surface area contributed by atoms with E-state index in [4.69, 9.17) is 10.5 Å². The molecule has 0 fully saturated rings. The maximum atomic E-state index is 11.9. The van der Waals surface area contributed by atoms with Gasteiger partial charge in [0, 0.05) is 9.26 Å². The maximum Gasteiger partial charge on any atom is 0.340 e. The van der Waals surface area contributed by atoms with Crippen LogP contribution in [0.1, 0.15) is 22.3 Å². The van der Waals surface area contributed by atoms with E-state index in [-0.39, 0.29) is 5.97 Å². The van der Waals surface area contributed by atoms with E-state index in [0.717, 1.165) is 16.4 Å². The summed E-state index contributed by atoms with van der Waals surface area (Å²) in [5, 5.41) is 0. The minimum Gasteiger partial charge on any atom is -0.462 e. The molecule has 0 aromatic heterocycles. The molecule has 0 spiro atoms. The van der Waals surface area contributed by atoms with Crippen molar-refractivity contribution in [2.45, 2.75) is 12.8 Å². The zero-order valence-electron chi connectivity index (χ0n) is 11.0. The van der Waals surface area contributed by atoms with E-state index < -0.39 is 0 Å². The van der Waals surface area contributed by atoms with Crippen LogP contribution in [0.4, 0.5) is 5.69 Å². The average Bonchev–Trinajstić information content (AvgIpc) is 2.47. The highest BCUT2D eigenvalue weighted by Gasteiger charge is 2.11. The molecule has 0 saturated heterocycles. The molecule has 0 unspecified atom stereocenters. The number of halogens is 1. The number of aryl methyl sites for hydroxylation is 1. The molecule has 2 aromatic rings. The van der Waals surface area contributed by atoms with Crippen molar-refractivity contribution < 1.29 is 9.53 Å². The van der Waals surface area contributed by atoms with Gasteiger partial charge in [0.25, 0.3) is 0 Å². The molecular weight excluding hydrogens is 365 g/mol. The van der Waals surface area contributed by atoms with Crippen LogP contribution in [0.25, 0.3) is 0 Å². The fourth-order valence-electron chi connectivity index (χ4n) is 1.87. The highest BCUT2D eigenvalue weighted by molar-refractivity contribution is 14.1. The first-order valence-corrected chi connectivity index (χ1v) is 7.51. The minimum atomic E-state index is -0.353. The third kappa shape index (κ3) is 4.23. The Morgan fingerprint density at radius 3 is 2.65 bits per heavy atom.